The summed E-state index contributed by atoms with van der Waals surface area (Å²) >= 11 is 4.90. The molecule has 2 rings (SSSR count). The van der Waals surface area contributed by atoms with Crippen molar-refractivity contribution in [1.82, 2.24) is 0 Å². The van der Waals surface area contributed by atoms with Crippen LogP contribution in [0.5, 0.6) is 11.5 Å². The second-order valence-electron chi connectivity index (χ2n) is 5.13. The summed E-state index contributed by atoms with van der Waals surface area (Å²) in [5.74, 6) is 0.576. The summed E-state index contributed by atoms with van der Waals surface area (Å²) in [4.78, 5) is 14.8. The molecule has 0 aliphatic carbocycles. The molecule has 21 heavy (non-hydrogen) atoms. The van der Waals surface area contributed by atoms with Gasteiger partial charge in [-0.25, -0.2) is 0 Å². The topological polar surface area (TPSA) is 75.8 Å². The zero-order valence-electron chi connectivity index (χ0n) is 12.3. The fourth-order valence-electron chi connectivity index (χ4n) is 2.55. The Morgan fingerprint density at radius 2 is 2.10 bits per heavy atom. The average molecular weight is 308 g/mol. The van der Waals surface area contributed by atoms with Crippen molar-refractivity contribution in [3.63, 3.8) is 0 Å². The van der Waals surface area contributed by atoms with E-state index in [1.165, 1.54) is 6.07 Å². The summed E-state index contributed by atoms with van der Waals surface area (Å²) in [5.41, 5.74) is 5.25. The van der Waals surface area contributed by atoms with Crippen LogP contribution in [-0.2, 0) is 4.79 Å². The number of fused-ring (bicyclic) bond motifs is 1. The molecule has 0 saturated carbocycles. The molecule has 0 bridgehead atoms. The number of amides is 1. The molecule has 1 heterocycles. The zero-order valence-corrected chi connectivity index (χ0v) is 13.1. The van der Waals surface area contributed by atoms with Gasteiger partial charge in [0.15, 0.2) is 5.60 Å². The van der Waals surface area contributed by atoms with E-state index < -0.39 is 5.60 Å². The third-order valence-corrected chi connectivity index (χ3v) is 4.10. The molecular formula is C15H20N2O3S. The molecule has 1 aromatic rings. The maximum Gasteiger partial charge on any atom is 0.271 e. The number of nitrogens with zero attached hydrogens (tertiary/aromatic N) is 1. The van der Waals surface area contributed by atoms with E-state index in [-0.39, 0.29) is 11.7 Å². The van der Waals surface area contributed by atoms with E-state index >= 15 is 0 Å². The number of aromatic hydroxyl groups is 1. The van der Waals surface area contributed by atoms with Crippen LogP contribution in [-0.4, -0.2) is 28.1 Å². The van der Waals surface area contributed by atoms with Crippen molar-refractivity contribution < 1.29 is 14.6 Å². The van der Waals surface area contributed by atoms with E-state index in [2.05, 4.69) is 0 Å². The molecule has 0 saturated heterocycles. The monoisotopic (exact) mass is 308 g/mol. The van der Waals surface area contributed by atoms with Gasteiger partial charge in [0.25, 0.3) is 5.91 Å². The van der Waals surface area contributed by atoms with Gasteiger partial charge in [-0.1, -0.05) is 26.1 Å². The second-order valence-corrected chi connectivity index (χ2v) is 5.65. The Morgan fingerprint density at radius 1 is 1.43 bits per heavy atom. The van der Waals surface area contributed by atoms with Gasteiger partial charge >= 0.3 is 0 Å². The summed E-state index contributed by atoms with van der Waals surface area (Å²) in [5, 5.41) is 9.67. The number of ether oxygens (including phenoxy) is 1. The van der Waals surface area contributed by atoms with Crippen LogP contribution in [0, 0.1) is 0 Å². The second kappa shape index (κ2) is 5.89. The standard InChI is InChI=1S/C15H20N2O3S/c1-3-15(4-2)14(19)17(8-7-13(16)21)11-9-10(18)5-6-12(11)20-15/h5-6,9,18H,3-4,7-8H2,1-2H3,(H2,16,21). The molecule has 0 aromatic heterocycles. The molecule has 1 amide bonds. The molecule has 6 heteroatoms. The van der Waals surface area contributed by atoms with E-state index in [0.29, 0.717) is 42.2 Å². The minimum Gasteiger partial charge on any atom is -0.508 e. The number of hydrogen-bond donors (Lipinski definition) is 2. The minimum absolute atomic E-state index is 0.0889. The summed E-state index contributed by atoms with van der Waals surface area (Å²) in [6.07, 6.45) is 1.58. The van der Waals surface area contributed by atoms with E-state index in [0.717, 1.165) is 0 Å². The number of hydrogen-bond acceptors (Lipinski definition) is 4. The van der Waals surface area contributed by atoms with Gasteiger partial charge in [-0.05, 0) is 25.0 Å². The van der Waals surface area contributed by atoms with Gasteiger partial charge < -0.3 is 20.5 Å². The van der Waals surface area contributed by atoms with Crippen LogP contribution >= 0.6 is 12.2 Å². The van der Waals surface area contributed by atoms with Crippen molar-refractivity contribution in [3.8, 4) is 11.5 Å². The lowest BCUT2D eigenvalue weighted by molar-refractivity contribution is -0.136. The molecule has 1 aromatic carbocycles. The van der Waals surface area contributed by atoms with Gasteiger partial charge in [-0.3, -0.25) is 4.79 Å². The SMILES string of the molecule is CCC1(CC)Oc2ccc(O)cc2N(CCC(N)=S)C1=O. The highest BCUT2D eigenvalue weighted by Crippen LogP contribution is 2.42. The number of nitrogens with two attached hydrogens (primary N) is 1. The third-order valence-electron chi connectivity index (χ3n) is 3.90. The zero-order chi connectivity index (χ0) is 15.6. The first-order chi connectivity index (χ1) is 9.93. The first-order valence-electron chi connectivity index (χ1n) is 7.06. The highest BCUT2D eigenvalue weighted by Gasteiger charge is 2.45. The molecule has 1 aliphatic heterocycles. The lowest BCUT2D eigenvalue weighted by Crippen LogP contribution is -2.56. The molecule has 114 valence electrons. The van der Waals surface area contributed by atoms with Crippen LogP contribution in [0.1, 0.15) is 33.1 Å². The lowest BCUT2D eigenvalue weighted by Gasteiger charge is -2.42. The number of carbonyl (C=O) groups is 1. The predicted octanol–water partition coefficient (Wildman–Crippen LogP) is 2.35. The molecule has 3 N–H and O–H groups in total. The smallest absolute Gasteiger partial charge is 0.271 e. The maximum absolute atomic E-state index is 12.8. The molecule has 0 fully saturated rings. The van der Waals surface area contributed by atoms with Gasteiger partial charge in [0.2, 0.25) is 0 Å². The van der Waals surface area contributed by atoms with E-state index in [1.807, 2.05) is 13.8 Å². The van der Waals surface area contributed by atoms with Crippen molar-refractivity contribution >= 4 is 28.8 Å². The van der Waals surface area contributed by atoms with Gasteiger partial charge in [-0.15, -0.1) is 0 Å². The summed E-state index contributed by atoms with van der Waals surface area (Å²) in [7, 11) is 0. The van der Waals surface area contributed by atoms with Crippen LogP contribution in [0.25, 0.3) is 0 Å². The minimum atomic E-state index is -0.861. The van der Waals surface area contributed by atoms with E-state index in [9.17, 15) is 9.90 Å². The summed E-state index contributed by atoms with van der Waals surface area (Å²) < 4.78 is 5.96. The van der Waals surface area contributed by atoms with E-state index in [1.54, 1.807) is 17.0 Å². The first-order valence-corrected chi connectivity index (χ1v) is 7.46. The van der Waals surface area contributed by atoms with Crippen LogP contribution in [0.15, 0.2) is 18.2 Å². The van der Waals surface area contributed by atoms with Crippen LogP contribution in [0.4, 0.5) is 5.69 Å². The van der Waals surface area contributed by atoms with Gasteiger partial charge in [0.05, 0.1) is 10.7 Å². The number of phenols is 1. The average Bonchev–Trinajstić information content (AvgIpc) is 2.46. The molecule has 0 unspecified atom stereocenters. The number of anilines is 1. The van der Waals surface area contributed by atoms with Crippen molar-refractivity contribution in [2.24, 2.45) is 5.73 Å². The van der Waals surface area contributed by atoms with Crippen molar-refractivity contribution in [2.75, 3.05) is 11.4 Å². The number of benzene rings is 1. The Balaban J connectivity index is 2.46. The summed E-state index contributed by atoms with van der Waals surface area (Å²) in [6.45, 7) is 4.24. The maximum atomic E-state index is 12.8. The fraction of sp³-hybridized carbons (Fsp3) is 0.467. The largest absolute Gasteiger partial charge is 0.508 e. The number of rotatable bonds is 5. The highest BCUT2D eigenvalue weighted by atomic mass is 32.1. The van der Waals surface area contributed by atoms with Crippen molar-refractivity contribution in [1.29, 1.82) is 0 Å². The first kappa shape index (κ1) is 15.6. The number of thiocarbonyl (C=S) groups is 1. The molecule has 0 radical (unpaired) electrons. The van der Waals surface area contributed by atoms with Gasteiger partial charge in [0, 0.05) is 19.0 Å². The normalized spacial score (nSPS) is 16.3. The third kappa shape index (κ3) is 2.81. The van der Waals surface area contributed by atoms with Gasteiger partial charge in [0.1, 0.15) is 11.5 Å². The molecule has 0 spiro atoms. The van der Waals surface area contributed by atoms with Gasteiger partial charge in [-0.2, -0.15) is 0 Å². The number of carbonyl (C=O) groups excluding carboxylic acids is 1. The Hall–Kier alpha value is -1.82. The predicted molar refractivity (Wildman–Crippen MR) is 85.8 cm³/mol. The molecule has 0 atom stereocenters. The molecular weight excluding hydrogens is 288 g/mol. The molecule has 5 nitrogen and oxygen atoms in total. The highest BCUT2D eigenvalue weighted by molar-refractivity contribution is 7.80. The van der Waals surface area contributed by atoms with E-state index in [4.69, 9.17) is 22.7 Å². The number of phenolic OH excluding ortho intramolecular Hbond substituents is 1. The Bertz CT molecular complexity index is 570. The quantitative estimate of drug-likeness (QED) is 0.817. The van der Waals surface area contributed by atoms with Crippen molar-refractivity contribution in [2.45, 2.75) is 38.7 Å². The van der Waals surface area contributed by atoms with Crippen LogP contribution in [0.3, 0.4) is 0 Å². The Labute approximate surface area is 129 Å². The van der Waals surface area contributed by atoms with Crippen LogP contribution < -0.4 is 15.4 Å². The fourth-order valence-corrected chi connectivity index (χ4v) is 2.64. The van der Waals surface area contributed by atoms with Crippen molar-refractivity contribution in [3.05, 3.63) is 18.2 Å². The molecule has 1 aliphatic rings. The van der Waals surface area contributed by atoms with Crippen LogP contribution in [0.2, 0.25) is 0 Å². The lowest BCUT2D eigenvalue weighted by atomic mass is 9.92. The Kier molecular flexibility index (Phi) is 4.37. The Morgan fingerprint density at radius 3 is 2.67 bits per heavy atom. The summed E-state index contributed by atoms with van der Waals surface area (Å²) in [6, 6.07) is 4.77.